The summed E-state index contributed by atoms with van der Waals surface area (Å²) in [6, 6.07) is 4.86. The van der Waals surface area contributed by atoms with E-state index >= 15 is 0 Å². The third-order valence-corrected chi connectivity index (χ3v) is 3.18. The second kappa shape index (κ2) is 8.09. The number of hydrogen-bond acceptors (Lipinski definition) is 3. The Morgan fingerprint density at radius 1 is 1.20 bits per heavy atom. The molecule has 1 atom stereocenters. The molecule has 0 saturated carbocycles. The summed E-state index contributed by atoms with van der Waals surface area (Å²) in [6.45, 7) is 2.16. The highest BCUT2D eigenvalue weighted by molar-refractivity contribution is 6.36. The number of rotatable bonds is 6. The van der Waals surface area contributed by atoms with Crippen molar-refractivity contribution in [2.75, 3.05) is 13.1 Å². The standard InChI is InChI=1S/C13H16Cl2N2O3/c1-2-16-11(19)6-12(20)17-7-10(18)13-8(14)4-3-5-9(13)15/h3-5,10,18H,2,6-7H2,1H3,(H,16,19)(H,17,20). The molecule has 0 spiro atoms. The normalized spacial score (nSPS) is 11.8. The van der Waals surface area contributed by atoms with E-state index in [2.05, 4.69) is 10.6 Å². The van der Waals surface area contributed by atoms with Crippen molar-refractivity contribution < 1.29 is 14.7 Å². The van der Waals surface area contributed by atoms with E-state index in [-0.39, 0.29) is 18.9 Å². The summed E-state index contributed by atoms with van der Waals surface area (Å²) in [4.78, 5) is 22.7. The number of benzene rings is 1. The molecule has 3 N–H and O–H groups in total. The number of carbonyl (C=O) groups is 2. The van der Waals surface area contributed by atoms with Crippen LogP contribution in [0.3, 0.4) is 0 Å². The van der Waals surface area contributed by atoms with E-state index in [0.717, 1.165) is 0 Å². The molecule has 1 rings (SSSR count). The molecule has 0 radical (unpaired) electrons. The van der Waals surface area contributed by atoms with Gasteiger partial charge in [0.2, 0.25) is 11.8 Å². The van der Waals surface area contributed by atoms with Gasteiger partial charge in [-0.3, -0.25) is 9.59 Å². The predicted octanol–water partition coefficient (Wildman–Crippen LogP) is 1.67. The Hall–Kier alpha value is -1.30. The summed E-state index contributed by atoms with van der Waals surface area (Å²) in [7, 11) is 0. The van der Waals surface area contributed by atoms with Gasteiger partial charge < -0.3 is 15.7 Å². The van der Waals surface area contributed by atoms with Crippen molar-refractivity contribution in [3.63, 3.8) is 0 Å². The average Bonchev–Trinajstić information content (AvgIpc) is 2.36. The van der Waals surface area contributed by atoms with Gasteiger partial charge in [-0.2, -0.15) is 0 Å². The molecule has 110 valence electrons. The van der Waals surface area contributed by atoms with Gasteiger partial charge in [0.1, 0.15) is 6.42 Å². The predicted molar refractivity (Wildman–Crippen MR) is 77.7 cm³/mol. The summed E-state index contributed by atoms with van der Waals surface area (Å²) in [5.74, 6) is -0.839. The van der Waals surface area contributed by atoms with E-state index in [9.17, 15) is 14.7 Å². The van der Waals surface area contributed by atoms with Crippen LogP contribution in [0.1, 0.15) is 25.0 Å². The van der Waals surface area contributed by atoms with Crippen LogP contribution in [0.25, 0.3) is 0 Å². The van der Waals surface area contributed by atoms with Gasteiger partial charge in [-0.05, 0) is 19.1 Å². The lowest BCUT2D eigenvalue weighted by molar-refractivity contribution is -0.129. The summed E-state index contributed by atoms with van der Waals surface area (Å²) >= 11 is 11.9. The number of hydrogen-bond donors (Lipinski definition) is 3. The van der Waals surface area contributed by atoms with Crippen LogP contribution in [0.4, 0.5) is 0 Å². The summed E-state index contributed by atoms with van der Waals surface area (Å²) in [5.41, 5.74) is 0.356. The van der Waals surface area contributed by atoms with Crippen molar-refractivity contribution in [1.29, 1.82) is 0 Å². The summed E-state index contributed by atoms with van der Waals surface area (Å²) in [5, 5.41) is 15.6. The average molecular weight is 319 g/mol. The Labute approximate surface area is 127 Å². The Balaban J connectivity index is 2.53. The molecule has 0 aliphatic heterocycles. The minimum Gasteiger partial charge on any atom is -0.386 e. The van der Waals surface area contributed by atoms with Crippen LogP contribution in [0, 0.1) is 0 Å². The fraction of sp³-hybridized carbons (Fsp3) is 0.385. The fourth-order valence-corrected chi connectivity index (χ4v) is 2.26. The van der Waals surface area contributed by atoms with Crippen molar-refractivity contribution in [2.24, 2.45) is 0 Å². The minimum atomic E-state index is -1.03. The molecule has 0 aromatic heterocycles. The molecule has 1 aromatic carbocycles. The first-order valence-electron chi connectivity index (χ1n) is 6.11. The first-order chi connectivity index (χ1) is 9.45. The molecular formula is C13H16Cl2N2O3. The largest absolute Gasteiger partial charge is 0.386 e. The SMILES string of the molecule is CCNC(=O)CC(=O)NCC(O)c1c(Cl)cccc1Cl. The lowest BCUT2D eigenvalue weighted by atomic mass is 10.1. The first-order valence-corrected chi connectivity index (χ1v) is 6.86. The monoisotopic (exact) mass is 318 g/mol. The van der Waals surface area contributed by atoms with E-state index in [4.69, 9.17) is 23.2 Å². The molecule has 0 aliphatic carbocycles. The van der Waals surface area contributed by atoms with Crippen molar-refractivity contribution in [3.05, 3.63) is 33.8 Å². The lowest BCUT2D eigenvalue weighted by Gasteiger charge is -2.15. The van der Waals surface area contributed by atoms with Crippen LogP contribution in [-0.2, 0) is 9.59 Å². The molecule has 0 heterocycles. The van der Waals surface area contributed by atoms with Gasteiger partial charge in [0, 0.05) is 28.7 Å². The molecular weight excluding hydrogens is 303 g/mol. The van der Waals surface area contributed by atoms with Crippen LogP contribution in [-0.4, -0.2) is 30.0 Å². The highest BCUT2D eigenvalue weighted by Crippen LogP contribution is 2.29. The highest BCUT2D eigenvalue weighted by atomic mass is 35.5. The number of halogens is 2. The highest BCUT2D eigenvalue weighted by Gasteiger charge is 2.17. The van der Waals surface area contributed by atoms with Gasteiger partial charge in [0.05, 0.1) is 6.10 Å². The van der Waals surface area contributed by atoms with Gasteiger partial charge in [-0.25, -0.2) is 0 Å². The van der Waals surface area contributed by atoms with Crippen LogP contribution in [0.15, 0.2) is 18.2 Å². The summed E-state index contributed by atoms with van der Waals surface area (Å²) < 4.78 is 0. The quantitative estimate of drug-likeness (QED) is 0.698. The maximum atomic E-state index is 11.5. The number of aliphatic hydroxyl groups is 1. The van der Waals surface area contributed by atoms with Crippen molar-refractivity contribution in [1.82, 2.24) is 10.6 Å². The number of amides is 2. The Morgan fingerprint density at radius 2 is 1.75 bits per heavy atom. The Morgan fingerprint density at radius 3 is 2.30 bits per heavy atom. The van der Waals surface area contributed by atoms with E-state index in [0.29, 0.717) is 22.2 Å². The topological polar surface area (TPSA) is 78.4 Å². The molecule has 5 nitrogen and oxygen atoms in total. The van der Waals surface area contributed by atoms with Crippen molar-refractivity contribution in [3.8, 4) is 0 Å². The minimum absolute atomic E-state index is 0.0678. The Bertz CT molecular complexity index is 474. The zero-order chi connectivity index (χ0) is 15.1. The maximum absolute atomic E-state index is 11.5. The number of aliphatic hydroxyl groups excluding tert-OH is 1. The van der Waals surface area contributed by atoms with Crippen LogP contribution in [0.2, 0.25) is 10.0 Å². The smallest absolute Gasteiger partial charge is 0.229 e. The third kappa shape index (κ3) is 5.00. The number of carbonyl (C=O) groups excluding carboxylic acids is 2. The second-order valence-corrected chi connectivity index (χ2v) is 4.90. The van der Waals surface area contributed by atoms with Gasteiger partial charge in [-0.1, -0.05) is 29.3 Å². The first kappa shape index (κ1) is 16.8. The van der Waals surface area contributed by atoms with Crippen molar-refractivity contribution in [2.45, 2.75) is 19.4 Å². The van der Waals surface area contributed by atoms with Gasteiger partial charge in [-0.15, -0.1) is 0 Å². The molecule has 1 unspecified atom stereocenters. The van der Waals surface area contributed by atoms with E-state index in [1.807, 2.05) is 0 Å². The van der Waals surface area contributed by atoms with Crippen LogP contribution < -0.4 is 10.6 Å². The van der Waals surface area contributed by atoms with Crippen LogP contribution in [0.5, 0.6) is 0 Å². The summed E-state index contributed by atoms with van der Waals surface area (Å²) in [6.07, 6.45) is -1.31. The second-order valence-electron chi connectivity index (χ2n) is 4.09. The molecule has 0 saturated heterocycles. The molecule has 7 heteroatoms. The lowest BCUT2D eigenvalue weighted by Crippen LogP contribution is -2.34. The fourth-order valence-electron chi connectivity index (χ4n) is 1.61. The zero-order valence-electron chi connectivity index (χ0n) is 11.0. The van der Waals surface area contributed by atoms with E-state index in [1.54, 1.807) is 25.1 Å². The third-order valence-electron chi connectivity index (χ3n) is 2.52. The van der Waals surface area contributed by atoms with Gasteiger partial charge in [0.15, 0.2) is 0 Å². The molecule has 0 aliphatic rings. The van der Waals surface area contributed by atoms with E-state index in [1.165, 1.54) is 0 Å². The van der Waals surface area contributed by atoms with E-state index < -0.39 is 12.0 Å². The number of nitrogens with one attached hydrogen (secondary N) is 2. The molecule has 0 bridgehead atoms. The molecule has 2 amide bonds. The molecule has 1 aromatic rings. The molecule has 0 fully saturated rings. The van der Waals surface area contributed by atoms with Gasteiger partial charge in [0.25, 0.3) is 0 Å². The van der Waals surface area contributed by atoms with Crippen molar-refractivity contribution >= 4 is 35.0 Å². The molecule has 20 heavy (non-hydrogen) atoms. The zero-order valence-corrected chi connectivity index (χ0v) is 12.5. The Kier molecular flexibility index (Phi) is 6.78. The van der Waals surface area contributed by atoms with Gasteiger partial charge >= 0.3 is 0 Å². The van der Waals surface area contributed by atoms with Crippen LogP contribution >= 0.6 is 23.2 Å². The maximum Gasteiger partial charge on any atom is 0.229 e.